The minimum absolute atomic E-state index is 0.121. The van der Waals surface area contributed by atoms with Crippen LogP contribution in [0.1, 0.15) is 28.4 Å². The second kappa shape index (κ2) is 13.1. The van der Waals surface area contributed by atoms with Gasteiger partial charge in [0.2, 0.25) is 11.8 Å². The zero-order chi connectivity index (χ0) is 28.8. The van der Waals surface area contributed by atoms with Crippen LogP contribution in [0.4, 0.5) is 5.82 Å². The minimum atomic E-state index is -0.269. The van der Waals surface area contributed by atoms with E-state index in [1.807, 2.05) is 90.5 Å². The van der Waals surface area contributed by atoms with E-state index in [4.69, 9.17) is 14.6 Å². The Bertz CT molecular complexity index is 1500. The molecule has 0 bridgehead atoms. The molecule has 1 N–H and O–H groups in total. The van der Waals surface area contributed by atoms with Crippen molar-refractivity contribution in [1.82, 2.24) is 15.1 Å². The van der Waals surface area contributed by atoms with Crippen LogP contribution in [-0.2, 0) is 14.3 Å². The summed E-state index contributed by atoms with van der Waals surface area (Å²) in [5.74, 6) is 1.12. The first kappa shape index (κ1) is 28.4. The van der Waals surface area contributed by atoms with Gasteiger partial charge in [-0.1, -0.05) is 66.2 Å². The van der Waals surface area contributed by atoms with Crippen molar-refractivity contribution in [2.45, 2.75) is 18.6 Å². The number of rotatable bonds is 10. The molecule has 0 saturated heterocycles. The van der Waals surface area contributed by atoms with Gasteiger partial charge in [-0.15, -0.1) is 11.8 Å². The molecule has 5 rings (SSSR count). The summed E-state index contributed by atoms with van der Waals surface area (Å²) in [4.78, 5) is 28.6. The average Bonchev–Trinajstić information content (AvgIpc) is 3.33. The maximum absolute atomic E-state index is 13.8. The number of methoxy groups -OCH3 is 2. The molecule has 1 unspecified atom stereocenters. The molecule has 2 amide bonds. The highest BCUT2D eigenvalue weighted by atomic mass is 32.2. The molecule has 212 valence electrons. The number of aryl methyl sites for hydroxylation is 1. The van der Waals surface area contributed by atoms with E-state index in [1.165, 1.54) is 11.8 Å². The number of hydrogen-bond donors (Lipinski definition) is 1. The van der Waals surface area contributed by atoms with Crippen molar-refractivity contribution in [3.05, 3.63) is 95.6 Å². The van der Waals surface area contributed by atoms with Crippen LogP contribution in [0, 0.1) is 6.92 Å². The molecule has 0 spiro atoms. The molecule has 41 heavy (non-hydrogen) atoms. The number of anilines is 1. The van der Waals surface area contributed by atoms with Crippen LogP contribution in [0.3, 0.4) is 0 Å². The van der Waals surface area contributed by atoms with Gasteiger partial charge in [0.1, 0.15) is 18.1 Å². The number of aromatic nitrogens is 2. The summed E-state index contributed by atoms with van der Waals surface area (Å²) in [5.41, 5.74) is 5.40. The van der Waals surface area contributed by atoms with E-state index in [-0.39, 0.29) is 29.4 Å². The number of fused-ring (bicyclic) bond motifs is 1. The molecular formula is C32H34N4O4S. The van der Waals surface area contributed by atoms with Gasteiger partial charge in [0.25, 0.3) is 0 Å². The maximum Gasteiger partial charge on any atom is 0.240 e. The number of benzene rings is 3. The van der Waals surface area contributed by atoms with Crippen molar-refractivity contribution in [2.75, 3.05) is 44.6 Å². The number of carbonyl (C=O) groups excluding carboxylic acids is 2. The van der Waals surface area contributed by atoms with Crippen LogP contribution in [0.25, 0.3) is 16.9 Å². The maximum atomic E-state index is 13.8. The third-order valence-electron chi connectivity index (χ3n) is 6.99. The number of ether oxygens (including phenoxy) is 2. The summed E-state index contributed by atoms with van der Waals surface area (Å²) in [5, 5.41) is 7.80. The fourth-order valence-corrected chi connectivity index (χ4v) is 6.19. The molecule has 0 fully saturated rings. The molecule has 8 nitrogen and oxygen atoms in total. The fourth-order valence-electron chi connectivity index (χ4n) is 4.97. The second-order valence-corrected chi connectivity index (χ2v) is 10.9. The summed E-state index contributed by atoms with van der Waals surface area (Å²) in [6, 6.07) is 25.8. The lowest BCUT2D eigenvalue weighted by Crippen LogP contribution is -2.42. The highest BCUT2D eigenvalue weighted by Gasteiger charge is 2.38. The van der Waals surface area contributed by atoms with Gasteiger partial charge in [0.15, 0.2) is 0 Å². The minimum Gasteiger partial charge on any atom is -0.496 e. The van der Waals surface area contributed by atoms with E-state index in [0.29, 0.717) is 25.4 Å². The van der Waals surface area contributed by atoms with Crippen LogP contribution in [0.15, 0.2) is 78.9 Å². The molecule has 1 atom stereocenters. The average molecular weight is 571 g/mol. The molecule has 4 aromatic rings. The number of carbonyl (C=O) groups is 2. The Morgan fingerprint density at radius 3 is 2.49 bits per heavy atom. The lowest BCUT2D eigenvalue weighted by Gasteiger charge is -2.23. The first-order valence-corrected chi connectivity index (χ1v) is 14.6. The first-order valence-electron chi connectivity index (χ1n) is 13.6. The normalized spacial score (nSPS) is 14.9. The predicted octanol–water partition coefficient (Wildman–Crippen LogP) is 5.18. The summed E-state index contributed by atoms with van der Waals surface area (Å²) in [6.07, 6.45) is 0.687. The smallest absolute Gasteiger partial charge is 0.240 e. The van der Waals surface area contributed by atoms with E-state index in [9.17, 15) is 9.59 Å². The number of para-hydroxylation sites is 1. The van der Waals surface area contributed by atoms with Crippen LogP contribution in [-0.4, -0.2) is 61.3 Å². The topological polar surface area (TPSA) is 85.7 Å². The summed E-state index contributed by atoms with van der Waals surface area (Å²) >= 11 is 1.52. The fraction of sp³-hybridized carbons (Fsp3) is 0.281. The lowest BCUT2D eigenvalue weighted by atomic mass is 9.99. The van der Waals surface area contributed by atoms with E-state index >= 15 is 0 Å². The van der Waals surface area contributed by atoms with Crippen molar-refractivity contribution in [1.29, 1.82) is 0 Å². The number of thioether (sulfide) groups is 1. The van der Waals surface area contributed by atoms with Crippen molar-refractivity contribution in [3.63, 3.8) is 0 Å². The van der Waals surface area contributed by atoms with Gasteiger partial charge in [-0.3, -0.25) is 14.5 Å². The van der Waals surface area contributed by atoms with Gasteiger partial charge in [0, 0.05) is 37.0 Å². The number of amides is 2. The Morgan fingerprint density at radius 2 is 1.76 bits per heavy atom. The van der Waals surface area contributed by atoms with E-state index in [1.54, 1.807) is 19.1 Å². The van der Waals surface area contributed by atoms with Crippen molar-refractivity contribution >= 4 is 29.4 Å². The Balaban J connectivity index is 1.72. The van der Waals surface area contributed by atoms with Crippen molar-refractivity contribution < 1.29 is 19.1 Å². The van der Waals surface area contributed by atoms with E-state index < -0.39 is 0 Å². The molecular weight excluding hydrogens is 536 g/mol. The van der Waals surface area contributed by atoms with E-state index in [2.05, 4.69) is 5.32 Å². The quantitative estimate of drug-likeness (QED) is 0.265. The van der Waals surface area contributed by atoms with Gasteiger partial charge in [-0.25, -0.2) is 4.68 Å². The first-order chi connectivity index (χ1) is 20.0. The second-order valence-electron chi connectivity index (χ2n) is 9.81. The lowest BCUT2D eigenvalue weighted by molar-refractivity contribution is -0.122. The molecule has 1 aromatic heterocycles. The van der Waals surface area contributed by atoms with Crippen molar-refractivity contribution in [2.24, 2.45) is 0 Å². The zero-order valence-corrected chi connectivity index (χ0v) is 24.3. The number of nitrogens with zero attached hydrogens (tertiary/aromatic N) is 3. The molecule has 0 aliphatic carbocycles. The SMILES string of the molecule is COCCCNC(=O)CN1C(=O)CSC(c2ccccc2OC)c2c(-c3ccccc3)nn(-c3ccc(C)cc3)c21. The third kappa shape index (κ3) is 6.16. The molecule has 0 radical (unpaired) electrons. The van der Waals surface area contributed by atoms with Crippen LogP contribution >= 0.6 is 11.8 Å². The largest absolute Gasteiger partial charge is 0.496 e. The van der Waals surface area contributed by atoms with Gasteiger partial charge in [0.05, 0.1) is 29.5 Å². The molecule has 1 aliphatic rings. The highest BCUT2D eigenvalue weighted by molar-refractivity contribution is 8.00. The molecule has 2 heterocycles. The molecule has 9 heteroatoms. The van der Waals surface area contributed by atoms with Gasteiger partial charge in [-0.05, 0) is 31.5 Å². The van der Waals surface area contributed by atoms with Crippen LogP contribution < -0.4 is 15.0 Å². The van der Waals surface area contributed by atoms with E-state index in [0.717, 1.165) is 39.4 Å². The number of nitrogens with one attached hydrogen (secondary N) is 1. The summed E-state index contributed by atoms with van der Waals surface area (Å²) in [6.45, 7) is 2.92. The summed E-state index contributed by atoms with van der Waals surface area (Å²) < 4.78 is 12.7. The molecule has 0 saturated carbocycles. The van der Waals surface area contributed by atoms with Crippen molar-refractivity contribution in [3.8, 4) is 22.7 Å². The summed E-state index contributed by atoms with van der Waals surface area (Å²) in [7, 11) is 3.28. The third-order valence-corrected chi connectivity index (χ3v) is 8.22. The molecule has 1 aliphatic heterocycles. The Labute approximate surface area is 244 Å². The Kier molecular flexibility index (Phi) is 9.06. The van der Waals surface area contributed by atoms with Gasteiger partial charge < -0.3 is 14.8 Å². The molecule has 3 aromatic carbocycles. The standard InChI is InChI=1S/C32H34N4O4S/c1-22-14-16-24(17-15-22)36-32-29(30(34-36)23-10-5-4-6-11-23)31(25-12-7-8-13-26(25)40-3)41-21-28(38)35(32)20-27(37)33-18-9-19-39-2/h4-8,10-17,31H,9,18-21H2,1-3H3,(H,33,37). The van der Waals surface area contributed by atoms with Crippen LogP contribution in [0.5, 0.6) is 5.75 Å². The zero-order valence-electron chi connectivity index (χ0n) is 23.5. The van der Waals surface area contributed by atoms with Gasteiger partial charge in [-0.2, -0.15) is 5.10 Å². The van der Waals surface area contributed by atoms with Gasteiger partial charge >= 0.3 is 0 Å². The highest BCUT2D eigenvalue weighted by Crippen LogP contribution is 2.50. The monoisotopic (exact) mass is 570 g/mol. The Morgan fingerprint density at radius 1 is 1.02 bits per heavy atom. The Hall–Kier alpha value is -4.08. The van der Waals surface area contributed by atoms with Crippen LogP contribution in [0.2, 0.25) is 0 Å². The number of hydrogen-bond acceptors (Lipinski definition) is 6. The predicted molar refractivity (Wildman–Crippen MR) is 163 cm³/mol.